The predicted octanol–water partition coefficient (Wildman–Crippen LogP) is 1.91. The second kappa shape index (κ2) is 8.98. The summed E-state index contributed by atoms with van der Waals surface area (Å²) in [5, 5.41) is 21.8. The minimum absolute atomic E-state index is 0.120. The van der Waals surface area contributed by atoms with Crippen molar-refractivity contribution in [3.8, 4) is 5.88 Å². The quantitative estimate of drug-likeness (QED) is 0.323. The van der Waals surface area contributed by atoms with Crippen LogP contribution in [0.1, 0.15) is 51.3 Å². The van der Waals surface area contributed by atoms with E-state index in [2.05, 4.69) is 24.9 Å². The van der Waals surface area contributed by atoms with Gasteiger partial charge in [0.05, 0.1) is 12.7 Å². The van der Waals surface area contributed by atoms with E-state index < -0.39 is 37.2 Å². The molecule has 2 N–H and O–H groups in total. The SMILES string of the molecule is Cc1cn([C@H]2C[C@H](O)[C@@H](CO[P+](O)([S-])OCCC3=CC[C@H]4C[C@@H]3C4(C)C)O2)c(=O)nc1[O-]. The standard InChI is InChI=1S/C21H31N2O7PS/c1-12-10-23(20(26)22-19(12)25)18-9-16(24)17(30-18)11-29-31(27,32)28-7-6-13-4-5-14-8-15(13)21(14,2)3/h4,10,14-18,24H,5-9,11H2,1-3H3,(H,27,32)(H,22,25,26)/p-1/t14-,15-,16-,17+,18+,31?/m0/s1. The van der Waals surface area contributed by atoms with Gasteiger partial charge in [0, 0.05) is 12.6 Å². The van der Waals surface area contributed by atoms with Crippen LogP contribution >= 0.6 is 7.15 Å². The van der Waals surface area contributed by atoms with Gasteiger partial charge in [0.1, 0.15) is 18.9 Å². The molecule has 0 radical (unpaired) electrons. The molecule has 1 aromatic rings. The molecule has 178 valence electrons. The Hall–Kier alpha value is -1.00. The van der Waals surface area contributed by atoms with Gasteiger partial charge in [0.25, 0.3) is 7.15 Å². The van der Waals surface area contributed by atoms with E-state index in [1.807, 2.05) is 0 Å². The number of ether oxygens (including phenoxy) is 1. The average Bonchev–Trinajstić information content (AvgIpc) is 3.09. The first-order chi connectivity index (χ1) is 15.0. The fourth-order valence-corrected chi connectivity index (χ4v) is 6.17. The molecule has 2 fully saturated rings. The van der Waals surface area contributed by atoms with Crippen molar-refractivity contribution in [3.63, 3.8) is 0 Å². The molecule has 0 spiro atoms. The molecule has 11 heteroatoms. The third-order valence-corrected chi connectivity index (χ3v) is 8.85. The van der Waals surface area contributed by atoms with Gasteiger partial charge in [-0.15, -0.1) is 0 Å². The van der Waals surface area contributed by atoms with Crippen LogP contribution in [-0.4, -0.2) is 45.0 Å². The summed E-state index contributed by atoms with van der Waals surface area (Å²) in [6, 6.07) is 0. The van der Waals surface area contributed by atoms with Crippen LogP contribution in [0.5, 0.6) is 5.88 Å². The fourth-order valence-electron chi connectivity index (χ4n) is 5.04. The Labute approximate surface area is 193 Å². The number of aryl methyl sites for hydroxylation is 1. The van der Waals surface area contributed by atoms with E-state index in [-0.39, 0.29) is 19.6 Å². The third kappa shape index (κ3) is 4.78. The zero-order valence-electron chi connectivity index (χ0n) is 18.5. The molecule has 1 saturated heterocycles. The summed E-state index contributed by atoms with van der Waals surface area (Å²) in [5.74, 6) is 0.741. The second-order valence-corrected chi connectivity index (χ2v) is 12.4. The lowest BCUT2D eigenvalue weighted by molar-refractivity contribution is -0.276. The maximum Gasteiger partial charge on any atom is 0.349 e. The summed E-state index contributed by atoms with van der Waals surface area (Å²) >= 11 is 5.11. The highest BCUT2D eigenvalue weighted by atomic mass is 32.7. The lowest BCUT2D eigenvalue weighted by Crippen LogP contribution is -2.48. The number of nitrogens with zero attached hydrogens (tertiary/aromatic N) is 2. The lowest BCUT2D eigenvalue weighted by Gasteiger charge is -2.56. The van der Waals surface area contributed by atoms with Crippen LogP contribution in [0.25, 0.3) is 0 Å². The Balaban J connectivity index is 1.26. The summed E-state index contributed by atoms with van der Waals surface area (Å²) in [6.07, 6.45) is 4.27. The van der Waals surface area contributed by atoms with Crippen molar-refractivity contribution in [1.82, 2.24) is 9.55 Å². The van der Waals surface area contributed by atoms with Gasteiger partial charge in [0.15, 0.2) is 0 Å². The van der Waals surface area contributed by atoms with Gasteiger partial charge in [-0.1, -0.05) is 25.5 Å². The van der Waals surface area contributed by atoms with Crippen LogP contribution in [0.4, 0.5) is 0 Å². The topological polar surface area (TPSA) is 126 Å². The summed E-state index contributed by atoms with van der Waals surface area (Å²) < 4.78 is 17.8. The summed E-state index contributed by atoms with van der Waals surface area (Å²) in [5.41, 5.74) is 1.25. The van der Waals surface area contributed by atoms with E-state index in [1.165, 1.54) is 22.8 Å². The molecule has 4 aliphatic rings. The molecule has 2 heterocycles. The molecule has 9 nitrogen and oxygen atoms in total. The highest BCUT2D eigenvalue weighted by Crippen LogP contribution is 2.60. The number of aliphatic hydroxyl groups excluding tert-OH is 1. The van der Waals surface area contributed by atoms with E-state index in [9.17, 15) is 19.9 Å². The van der Waals surface area contributed by atoms with Gasteiger partial charge < -0.3 is 27.2 Å². The average molecular weight is 486 g/mol. The highest BCUT2D eigenvalue weighted by molar-refractivity contribution is 8.35. The van der Waals surface area contributed by atoms with E-state index in [1.54, 1.807) is 6.92 Å². The molecule has 1 aliphatic heterocycles. The Bertz CT molecular complexity index is 951. The number of fused-ring (bicyclic) bond motifs is 1. The van der Waals surface area contributed by atoms with Gasteiger partial charge in [-0.25, -0.2) is 14.7 Å². The Morgan fingerprint density at radius 3 is 2.84 bits per heavy atom. The third-order valence-electron chi connectivity index (χ3n) is 7.23. The van der Waals surface area contributed by atoms with Gasteiger partial charge in [-0.05, 0) is 54.9 Å². The first-order valence-corrected chi connectivity index (χ1v) is 13.5. The Morgan fingerprint density at radius 2 is 2.16 bits per heavy atom. The molecule has 0 aromatic carbocycles. The molecule has 2 bridgehead atoms. The van der Waals surface area contributed by atoms with E-state index in [0.29, 0.717) is 23.3 Å². The smallest absolute Gasteiger partial charge is 0.349 e. The summed E-state index contributed by atoms with van der Waals surface area (Å²) in [6.45, 7) is 6.26. The summed E-state index contributed by atoms with van der Waals surface area (Å²) in [7, 11) is -3.50. The zero-order chi connectivity index (χ0) is 23.3. The zero-order valence-corrected chi connectivity index (χ0v) is 20.2. The molecule has 0 amide bonds. The molecule has 5 rings (SSSR count). The fraction of sp³-hybridized carbons (Fsp3) is 0.714. The maximum absolute atomic E-state index is 12.0. The number of hydrogen-bond acceptors (Lipinski definition) is 9. The number of allylic oxidation sites excluding steroid dienone is 1. The molecule has 1 saturated carbocycles. The van der Waals surface area contributed by atoms with Gasteiger partial charge >= 0.3 is 5.69 Å². The number of rotatable bonds is 8. The molecule has 3 aliphatic carbocycles. The molecule has 6 atom stereocenters. The molecule has 1 unspecified atom stereocenters. The van der Waals surface area contributed by atoms with E-state index >= 15 is 0 Å². The monoisotopic (exact) mass is 485 g/mol. The van der Waals surface area contributed by atoms with E-state index in [4.69, 9.17) is 26.0 Å². The van der Waals surface area contributed by atoms with Crippen molar-refractivity contribution < 1.29 is 28.9 Å². The number of aliphatic hydroxyl groups is 1. The number of aromatic nitrogens is 2. The van der Waals surface area contributed by atoms with Crippen molar-refractivity contribution in [2.24, 2.45) is 17.3 Å². The van der Waals surface area contributed by atoms with Crippen LogP contribution < -0.4 is 10.8 Å². The van der Waals surface area contributed by atoms with Gasteiger partial charge in [-0.2, -0.15) is 9.05 Å². The van der Waals surface area contributed by atoms with Gasteiger partial charge in [-0.3, -0.25) is 4.57 Å². The van der Waals surface area contributed by atoms with Crippen LogP contribution in [-0.2, 0) is 26.0 Å². The van der Waals surface area contributed by atoms with Crippen LogP contribution in [0.15, 0.2) is 22.6 Å². The first-order valence-electron chi connectivity index (χ1n) is 10.9. The predicted molar refractivity (Wildman–Crippen MR) is 118 cm³/mol. The van der Waals surface area contributed by atoms with Crippen LogP contribution in [0.3, 0.4) is 0 Å². The molecular weight excluding hydrogens is 455 g/mol. The first kappa shape index (κ1) is 24.1. The van der Waals surface area contributed by atoms with E-state index in [0.717, 1.165) is 12.3 Å². The largest absolute Gasteiger partial charge is 0.858 e. The van der Waals surface area contributed by atoms with Crippen molar-refractivity contribution in [1.29, 1.82) is 0 Å². The minimum atomic E-state index is -3.50. The van der Waals surface area contributed by atoms with Crippen molar-refractivity contribution in [3.05, 3.63) is 33.9 Å². The van der Waals surface area contributed by atoms with Crippen LogP contribution in [0, 0.1) is 24.2 Å². The lowest BCUT2D eigenvalue weighted by atomic mass is 9.48. The highest BCUT2D eigenvalue weighted by Gasteiger charge is 2.50. The Morgan fingerprint density at radius 1 is 1.41 bits per heavy atom. The molecule has 32 heavy (non-hydrogen) atoms. The van der Waals surface area contributed by atoms with Crippen molar-refractivity contribution >= 4 is 19.4 Å². The van der Waals surface area contributed by atoms with Crippen molar-refractivity contribution in [2.45, 2.75) is 64.9 Å². The molecular formula is C21H30N2O7PS-. The van der Waals surface area contributed by atoms with Crippen molar-refractivity contribution in [2.75, 3.05) is 13.2 Å². The number of hydrogen-bond donors (Lipinski definition) is 2. The Kier molecular flexibility index (Phi) is 6.77. The van der Waals surface area contributed by atoms with Crippen LogP contribution in [0.2, 0.25) is 0 Å². The molecule has 1 aromatic heterocycles. The summed E-state index contributed by atoms with van der Waals surface area (Å²) in [4.78, 5) is 25.8. The normalized spacial score (nSPS) is 32.8. The van der Waals surface area contributed by atoms with Gasteiger partial charge in [0.2, 0.25) is 0 Å². The maximum atomic E-state index is 12.0. The minimum Gasteiger partial charge on any atom is -0.858 e. The second-order valence-electron chi connectivity index (χ2n) is 9.52.